The van der Waals surface area contributed by atoms with Crippen molar-refractivity contribution in [1.29, 1.82) is 0 Å². The third kappa shape index (κ3) is 4.02. The highest BCUT2D eigenvalue weighted by atomic mass is 32.1. The van der Waals surface area contributed by atoms with Crippen LogP contribution >= 0.6 is 22.7 Å². The number of carbonyl (C=O) groups excluding carboxylic acids is 1. The summed E-state index contributed by atoms with van der Waals surface area (Å²) in [7, 11) is 1.80. The topological polar surface area (TPSA) is 42.4 Å². The molecule has 0 aliphatic carbocycles. The van der Waals surface area contributed by atoms with Gasteiger partial charge in [0.05, 0.1) is 26.5 Å². The Labute approximate surface area is 165 Å². The van der Waals surface area contributed by atoms with E-state index in [0.29, 0.717) is 18.0 Å². The summed E-state index contributed by atoms with van der Waals surface area (Å²) in [6.45, 7) is 0.991. The van der Waals surface area contributed by atoms with Gasteiger partial charge in [-0.15, -0.1) is 22.7 Å². The smallest absolute Gasteiger partial charge is 0.263 e. The fraction of sp³-hybridized carbons (Fsp3) is 0.143. The Balaban J connectivity index is 1.40. The summed E-state index contributed by atoms with van der Waals surface area (Å²) in [6.07, 6.45) is 0. The third-order valence-electron chi connectivity index (χ3n) is 4.11. The molecule has 4 aromatic rings. The summed E-state index contributed by atoms with van der Waals surface area (Å²) in [5.74, 6) is 0.816. The maximum Gasteiger partial charge on any atom is 0.263 e. The van der Waals surface area contributed by atoms with Crippen LogP contribution in [0.5, 0.6) is 5.75 Å². The van der Waals surface area contributed by atoms with Gasteiger partial charge in [-0.05, 0) is 36.4 Å². The second kappa shape index (κ2) is 7.90. The highest BCUT2D eigenvalue weighted by Crippen LogP contribution is 2.34. The van der Waals surface area contributed by atoms with Crippen molar-refractivity contribution in [2.45, 2.75) is 0 Å². The fourth-order valence-electron chi connectivity index (χ4n) is 2.65. The van der Waals surface area contributed by atoms with E-state index in [9.17, 15) is 4.79 Å². The maximum atomic E-state index is 12.7. The predicted octanol–water partition coefficient (Wildman–Crippen LogP) is 5.18. The van der Waals surface area contributed by atoms with Gasteiger partial charge in [0.15, 0.2) is 0 Å². The van der Waals surface area contributed by atoms with Crippen molar-refractivity contribution in [1.82, 2.24) is 9.88 Å². The molecule has 0 radical (unpaired) electrons. The van der Waals surface area contributed by atoms with Gasteiger partial charge in [0.1, 0.15) is 17.4 Å². The van der Waals surface area contributed by atoms with Crippen LogP contribution in [0.1, 0.15) is 9.67 Å². The second-order valence-corrected chi connectivity index (χ2v) is 8.15. The van der Waals surface area contributed by atoms with Crippen molar-refractivity contribution < 1.29 is 9.53 Å². The van der Waals surface area contributed by atoms with Gasteiger partial charge in [0, 0.05) is 7.05 Å². The minimum atomic E-state index is 0.00372. The Kier molecular flexibility index (Phi) is 5.18. The number of rotatable bonds is 6. The van der Waals surface area contributed by atoms with E-state index in [2.05, 4.69) is 11.1 Å². The van der Waals surface area contributed by atoms with Gasteiger partial charge in [0.2, 0.25) is 0 Å². The molecule has 0 spiro atoms. The van der Waals surface area contributed by atoms with Gasteiger partial charge in [-0.3, -0.25) is 4.79 Å². The molecular formula is C21H18N2O2S2. The Morgan fingerprint density at radius 3 is 2.59 bits per heavy atom. The molecule has 6 heteroatoms. The molecule has 27 heavy (non-hydrogen) atoms. The normalized spacial score (nSPS) is 10.9. The predicted molar refractivity (Wildman–Crippen MR) is 112 cm³/mol. The van der Waals surface area contributed by atoms with Gasteiger partial charge in [-0.25, -0.2) is 4.98 Å². The van der Waals surface area contributed by atoms with Crippen LogP contribution in [0.4, 0.5) is 0 Å². The first kappa shape index (κ1) is 17.7. The number of fused-ring (bicyclic) bond motifs is 1. The molecule has 2 aromatic heterocycles. The molecule has 0 saturated heterocycles. The van der Waals surface area contributed by atoms with Crippen LogP contribution in [0.3, 0.4) is 0 Å². The number of benzene rings is 2. The highest BCUT2D eigenvalue weighted by Gasteiger charge is 2.16. The molecule has 4 rings (SSSR count). The van der Waals surface area contributed by atoms with Crippen LogP contribution < -0.4 is 4.74 Å². The Bertz CT molecular complexity index is 1020. The van der Waals surface area contributed by atoms with Crippen LogP contribution in [0.25, 0.3) is 20.1 Å². The number of hydrogen-bond donors (Lipinski definition) is 0. The molecular weight excluding hydrogens is 376 g/mol. The molecule has 0 aliphatic rings. The summed E-state index contributed by atoms with van der Waals surface area (Å²) < 4.78 is 6.83. The number of likely N-dealkylation sites (N-methyl/N-ethyl adjacent to an activating group) is 1. The van der Waals surface area contributed by atoms with Crippen molar-refractivity contribution in [3.05, 3.63) is 71.6 Å². The fourth-order valence-corrected chi connectivity index (χ4v) is 4.67. The van der Waals surface area contributed by atoms with Crippen LogP contribution in [0, 0.1) is 0 Å². The molecule has 136 valence electrons. The first-order chi connectivity index (χ1) is 13.2. The van der Waals surface area contributed by atoms with E-state index in [1.807, 2.05) is 60.7 Å². The van der Waals surface area contributed by atoms with E-state index < -0.39 is 0 Å². The number of ether oxygens (including phenoxy) is 1. The van der Waals surface area contributed by atoms with E-state index in [-0.39, 0.29) is 5.91 Å². The van der Waals surface area contributed by atoms with E-state index in [1.165, 1.54) is 11.3 Å². The monoisotopic (exact) mass is 394 g/mol. The zero-order chi connectivity index (χ0) is 18.6. The summed E-state index contributed by atoms with van der Waals surface area (Å²) >= 11 is 3.13. The van der Waals surface area contributed by atoms with E-state index in [4.69, 9.17) is 4.74 Å². The Morgan fingerprint density at radius 2 is 1.78 bits per heavy atom. The lowest BCUT2D eigenvalue weighted by Crippen LogP contribution is -2.30. The van der Waals surface area contributed by atoms with Crippen LogP contribution in [-0.4, -0.2) is 36.0 Å². The standard InChI is InChI=1S/C21H18N2O2S2/c1-23(13-14-25-15-7-3-2-4-8-15)21(24)19-12-11-18(26-19)20-22-16-9-5-6-10-17(16)27-20/h2-12H,13-14H2,1H3. The number of carbonyl (C=O) groups is 1. The summed E-state index contributed by atoms with van der Waals surface area (Å²) in [6, 6.07) is 21.6. The van der Waals surface area contributed by atoms with E-state index in [1.54, 1.807) is 23.3 Å². The number of amides is 1. The highest BCUT2D eigenvalue weighted by molar-refractivity contribution is 7.26. The summed E-state index contributed by atoms with van der Waals surface area (Å²) in [5.41, 5.74) is 0.994. The number of nitrogens with zero attached hydrogens (tertiary/aromatic N) is 2. The number of para-hydroxylation sites is 2. The van der Waals surface area contributed by atoms with Crippen LogP contribution in [0.15, 0.2) is 66.7 Å². The number of thiazole rings is 1. The quantitative estimate of drug-likeness (QED) is 0.453. The average Bonchev–Trinajstić information content (AvgIpc) is 3.35. The number of aromatic nitrogens is 1. The molecule has 0 atom stereocenters. The molecule has 4 nitrogen and oxygen atoms in total. The second-order valence-electron chi connectivity index (χ2n) is 6.04. The van der Waals surface area contributed by atoms with Gasteiger partial charge in [-0.2, -0.15) is 0 Å². The average molecular weight is 395 g/mol. The van der Waals surface area contributed by atoms with Crippen molar-refractivity contribution in [3.8, 4) is 15.6 Å². The lowest BCUT2D eigenvalue weighted by Gasteiger charge is -2.16. The van der Waals surface area contributed by atoms with Crippen molar-refractivity contribution >= 4 is 38.8 Å². The molecule has 0 bridgehead atoms. The van der Waals surface area contributed by atoms with Gasteiger partial charge >= 0.3 is 0 Å². The first-order valence-electron chi connectivity index (χ1n) is 8.60. The SMILES string of the molecule is CN(CCOc1ccccc1)C(=O)c1ccc(-c2nc3ccccc3s2)s1. The molecule has 0 saturated carbocycles. The van der Waals surface area contributed by atoms with E-state index in [0.717, 1.165) is 25.9 Å². The minimum absolute atomic E-state index is 0.00372. The van der Waals surface area contributed by atoms with Gasteiger partial charge < -0.3 is 9.64 Å². The van der Waals surface area contributed by atoms with Gasteiger partial charge in [-0.1, -0.05) is 30.3 Å². The number of thiophene rings is 1. The summed E-state index contributed by atoms with van der Waals surface area (Å²) in [4.78, 5) is 20.8. The molecule has 2 aromatic carbocycles. The minimum Gasteiger partial charge on any atom is -0.492 e. The number of hydrogen-bond acceptors (Lipinski definition) is 5. The lowest BCUT2D eigenvalue weighted by molar-refractivity contribution is 0.0778. The van der Waals surface area contributed by atoms with Crippen molar-refractivity contribution in [2.75, 3.05) is 20.2 Å². The Hall–Kier alpha value is -2.70. The molecule has 0 N–H and O–H groups in total. The third-order valence-corrected chi connectivity index (χ3v) is 6.39. The summed E-state index contributed by atoms with van der Waals surface area (Å²) in [5, 5.41) is 0.954. The largest absolute Gasteiger partial charge is 0.492 e. The molecule has 0 aliphatic heterocycles. The van der Waals surface area contributed by atoms with Gasteiger partial charge in [0.25, 0.3) is 5.91 Å². The van der Waals surface area contributed by atoms with Crippen LogP contribution in [-0.2, 0) is 0 Å². The zero-order valence-corrected chi connectivity index (χ0v) is 16.4. The molecule has 0 fully saturated rings. The van der Waals surface area contributed by atoms with Crippen molar-refractivity contribution in [2.24, 2.45) is 0 Å². The van der Waals surface area contributed by atoms with E-state index >= 15 is 0 Å². The zero-order valence-electron chi connectivity index (χ0n) is 14.8. The van der Waals surface area contributed by atoms with Crippen LogP contribution in [0.2, 0.25) is 0 Å². The maximum absolute atomic E-state index is 12.7. The van der Waals surface area contributed by atoms with Crippen molar-refractivity contribution in [3.63, 3.8) is 0 Å². The molecule has 1 amide bonds. The molecule has 2 heterocycles. The Morgan fingerprint density at radius 1 is 1.00 bits per heavy atom. The lowest BCUT2D eigenvalue weighted by atomic mass is 10.3. The first-order valence-corrected chi connectivity index (χ1v) is 10.2. The molecule has 0 unspecified atom stereocenters.